The number of nitrogens with zero attached hydrogens (tertiary/aromatic N) is 2. The Morgan fingerprint density at radius 3 is 2.50 bits per heavy atom. The summed E-state index contributed by atoms with van der Waals surface area (Å²) in [6.45, 7) is 9.73. The van der Waals surface area contributed by atoms with E-state index in [1.807, 2.05) is 24.0 Å². The van der Waals surface area contributed by atoms with Crippen LogP contribution in [-0.2, 0) is 0 Å². The van der Waals surface area contributed by atoms with Crippen molar-refractivity contribution in [3.8, 4) is 0 Å². The van der Waals surface area contributed by atoms with E-state index < -0.39 is 0 Å². The zero-order chi connectivity index (χ0) is 14.7. The van der Waals surface area contributed by atoms with E-state index in [0.717, 1.165) is 37.4 Å². The van der Waals surface area contributed by atoms with Gasteiger partial charge in [-0.25, -0.2) is 4.79 Å². The molecule has 0 radical (unpaired) electrons. The van der Waals surface area contributed by atoms with Gasteiger partial charge in [0.25, 0.3) is 0 Å². The molecule has 0 saturated carbocycles. The minimum absolute atomic E-state index is 0.0428. The van der Waals surface area contributed by atoms with E-state index in [2.05, 4.69) is 24.1 Å². The van der Waals surface area contributed by atoms with Gasteiger partial charge in [0.15, 0.2) is 0 Å². The molecule has 1 aliphatic rings. The monoisotopic (exact) mass is 295 g/mol. The molecule has 1 saturated heterocycles. The lowest BCUT2D eigenvalue weighted by Crippen LogP contribution is -2.51. The largest absolute Gasteiger partial charge is 0.322 e. The number of carbonyl (C=O) groups is 1. The third kappa shape index (κ3) is 3.64. The van der Waals surface area contributed by atoms with Gasteiger partial charge in [0.05, 0.1) is 0 Å². The van der Waals surface area contributed by atoms with Crippen LogP contribution in [0.2, 0.25) is 5.02 Å². The van der Waals surface area contributed by atoms with Crippen molar-refractivity contribution in [1.29, 1.82) is 0 Å². The fraction of sp³-hybridized carbons (Fsp3) is 0.533. The van der Waals surface area contributed by atoms with Gasteiger partial charge in [0, 0.05) is 42.9 Å². The summed E-state index contributed by atoms with van der Waals surface area (Å²) in [6.07, 6.45) is 0. The Kier molecular flexibility index (Phi) is 4.89. The molecule has 0 aromatic heterocycles. The molecule has 20 heavy (non-hydrogen) atoms. The van der Waals surface area contributed by atoms with Gasteiger partial charge in [0.2, 0.25) is 0 Å². The average Bonchev–Trinajstić information content (AvgIpc) is 2.43. The first kappa shape index (κ1) is 15.1. The second-order valence-electron chi connectivity index (χ2n) is 5.51. The third-order valence-corrected chi connectivity index (χ3v) is 4.01. The van der Waals surface area contributed by atoms with Crippen molar-refractivity contribution in [2.75, 3.05) is 31.5 Å². The van der Waals surface area contributed by atoms with Gasteiger partial charge in [-0.2, -0.15) is 0 Å². The smallest absolute Gasteiger partial charge is 0.321 e. The van der Waals surface area contributed by atoms with Crippen LogP contribution in [0.1, 0.15) is 19.4 Å². The highest BCUT2D eigenvalue weighted by molar-refractivity contribution is 6.31. The van der Waals surface area contributed by atoms with Gasteiger partial charge in [0.1, 0.15) is 0 Å². The molecule has 4 nitrogen and oxygen atoms in total. The average molecular weight is 296 g/mol. The van der Waals surface area contributed by atoms with Gasteiger partial charge >= 0.3 is 6.03 Å². The van der Waals surface area contributed by atoms with Crippen LogP contribution >= 0.6 is 11.6 Å². The Hall–Kier alpha value is -1.26. The second-order valence-corrected chi connectivity index (χ2v) is 5.94. The molecule has 1 aliphatic heterocycles. The summed E-state index contributed by atoms with van der Waals surface area (Å²) in [5.41, 5.74) is 1.80. The number of carbonyl (C=O) groups excluding carboxylic acids is 1. The van der Waals surface area contributed by atoms with Crippen LogP contribution in [-0.4, -0.2) is 48.1 Å². The Balaban J connectivity index is 1.94. The van der Waals surface area contributed by atoms with E-state index in [1.165, 1.54) is 0 Å². The highest BCUT2D eigenvalue weighted by Gasteiger charge is 2.22. The molecule has 110 valence electrons. The van der Waals surface area contributed by atoms with Crippen molar-refractivity contribution in [3.05, 3.63) is 28.8 Å². The predicted octanol–water partition coefficient (Wildman–Crippen LogP) is 3.21. The number of hydrogen-bond donors (Lipinski definition) is 1. The minimum Gasteiger partial charge on any atom is -0.322 e. The molecule has 2 rings (SSSR count). The Morgan fingerprint density at radius 1 is 1.25 bits per heavy atom. The topological polar surface area (TPSA) is 35.6 Å². The highest BCUT2D eigenvalue weighted by atomic mass is 35.5. The van der Waals surface area contributed by atoms with Crippen LogP contribution in [0.25, 0.3) is 0 Å². The SMILES string of the molecule is Cc1ccc(Cl)cc1NC(=O)N1CCN(C(C)C)CC1. The number of anilines is 1. The first-order valence-corrected chi connectivity index (χ1v) is 7.41. The summed E-state index contributed by atoms with van der Waals surface area (Å²) in [5.74, 6) is 0. The zero-order valence-electron chi connectivity index (χ0n) is 12.3. The van der Waals surface area contributed by atoms with Gasteiger partial charge in [-0.1, -0.05) is 17.7 Å². The van der Waals surface area contributed by atoms with Crippen LogP contribution < -0.4 is 5.32 Å². The molecule has 1 N–H and O–H groups in total. The summed E-state index contributed by atoms with van der Waals surface area (Å²) < 4.78 is 0. The van der Waals surface area contributed by atoms with Crippen molar-refractivity contribution in [1.82, 2.24) is 9.80 Å². The number of nitrogens with one attached hydrogen (secondary N) is 1. The van der Waals surface area contributed by atoms with E-state index in [-0.39, 0.29) is 6.03 Å². The van der Waals surface area contributed by atoms with E-state index in [4.69, 9.17) is 11.6 Å². The highest BCUT2D eigenvalue weighted by Crippen LogP contribution is 2.20. The van der Waals surface area contributed by atoms with Crippen LogP contribution in [0.5, 0.6) is 0 Å². The number of aryl methyl sites for hydroxylation is 1. The Morgan fingerprint density at radius 2 is 1.90 bits per heavy atom. The maximum absolute atomic E-state index is 12.3. The predicted molar refractivity (Wildman–Crippen MR) is 83.5 cm³/mol. The molecule has 0 atom stereocenters. The van der Waals surface area contributed by atoms with Crippen molar-refractivity contribution < 1.29 is 4.79 Å². The molecule has 1 aromatic rings. The maximum atomic E-state index is 12.3. The molecular formula is C15H22ClN3O. The first-order valence-electron chi connectivity index (χ1n) is 7.03. The number of benzene rings is 1. The Labute approximate surface area is 125 Å². The van der Waals surface area contributed by atoms with Gasteiger partial charge < -0.3 is 10.2 Å². The summed E-state index contributed by atoms with van der Waals surface area (Å²) in [4.78, 5) is 16.5. The standard InChI is InChI=1S/C15H22ClN3O/c1-11(2)18-6-8-19(9-7-18)15(20)17-14-10-13(16)5-4-12(14)3/h4-5,10-11H,6-9H2,1-3H3,(H,17,20). The summed E-state index contributed by atoms with van der Waals surface area (Å²) in [5, 5.41) is 3.58. The molecule has 2 amide bonds. The minimum atomic E-state index is -0.0428. The Bertz CT molecular complexity index is 482. The van der Waals surface area contributed by atoms with Crippen molar-refractivity contribution in [3.63, 3.8) is 0 Å². The lowest BCUT2D eigenvalue weighted by Gasteiger charge is -2.36. The lowest BCUT2D eigenvalue weighted by molar-refractivity contribution is 0.125. The summed E-state index contributed by atoms with van der Waals surface area (Å²) >= 11 is 5.97. The molecule has 1 aromatic carbocycles. The van der Waals surface area contributed by atoms with E-state index >= 15 is 0 Å². The molecule has 0 aliphatic carbocycles. The first-order chi connectivity index (χ1) is 9.47. The third-order valence-electron chi connectivity index (χ3n) is 3.77. The van der Waals surface area contributed by atoms with E-state index in [0.29, 0.717) is 11.1 Å². The number of rotatable bonds is 2. The van der Waals surface area contributed by atoms with Crippen LogP contribution in [0.15, 0.2) is 18.2 Å². The fourth-order valence-corrected chi connectivity index (χ4v) is 2.54. The summed E-state index contributed by atoms with van der Waals surface area (Å²) in [7, 11) is 0. The number of amides is 2. The van der Waals surface area contributed by atoms with E-state index in [1.54, 1.807) is 6.07 Å². The molecule has 1 heterocycles. The fourth-order valence-electron chi connectivity index (χ4n) is 2.36. The van der Waals surface area contributed by atoms with Gasteiger partial charge in [-0.3, -0.25) is 4.90 Å². The van der Waals surface area contributed by atoms with E-state index in [9.17, 15) is 4.79 Å². The van der Waals surface area contributed by atoms with Crippen LogP contribution in [0.3, 0.4) is 0 Å². The van der Waals surface area contributed by atoms with Crippen molar-refractivity contribution in [2.24, 2.45) is 0 Å². The number of hydrogen-bond acceptors (Lipinski definition) is 2. The van der Waals surface area contributed by atoms with Crippen molar-refractivity contribution in [2.45, 2.75) is 26.8 Å². The van der Waals surface area contributed by atoms with Gasteiger partial charge in [-0.15, -0.1) is 0 Å². The van der Waals surface area contributed by atoms with Crippen LogP contribution in [0, 0.1) is 6.92 Å². The number of halogens is 1. The molecule has 0 bridgehead atoms. The van der Waals surface area contributed by atoms with Crippen LogP contribution in [0.4, 0.5) is 10.5 Å². The number of urea groups is 1. The zero-order valence-corrected chi connectivity index (χ0v) is 13.1. The lowest BCUT2D eigenvalue weighted by atomic mass is 10.2. The molecule has 5 heteroatoms. The van der Waals surface area contributed by atoms with Gasteiger partial charge in [-0.05, 0) is 38.5 Å². The van der Waals surface area contributed by atoms with Crippen molar-refractivity contribution >= 4 is 23.3 Å². The molecule has 0 spiro atoms. The second kappa shape index (κ2) is 6.46. The quantitative estimate of drug-likeness (QED) is 0.909. The molecule has 0 unspecified atom stereocenters. The molecule has 1 fully saturated rings. The maximum Gasteiger partial charge on any atom is 0.321 e. The molecular weight excluding hydrogens is 274 g/mol. The number of piperazine rings is 1. The normalized spacial score (nSPS) is 16.6. The summed E-state index contributed by atoms with van der Waals surface area (Å²) in [6, 6.07) is 6.02.